The molecule has 12 heteroatoms. The molecule has 0 spiro atoms. The van der Waals surface area contributed by atoms with E-state index in [0.717, 1.165) is 0 Å². The van der Waals surface area contributed by atoms with Gasteiger partial charge in [-0.2, -0.15) is 0 Å². The second kappa shape index (κ2) is 11.0. The van der Waals surface area contributed by atoms with Gasteiger partial charge in [-0.25, -0.2) is 9.59 Å². The van der Waals surface area contributed by atoms with Crippen LogP contribution < -0.4 is 10.6 Å². The number of carbonyl (C=O) groups is 6. The van der Waals surface area contributed by atoms with E-state index in [0.29, 0.717) is 0 Å². The maximum Gasteiger partial charge on any atom is 0.338 e. The largest absolute Gasteiger partial charge is 0.459 e. The van der Waals surface area contributed by atoms with Crippen molar-refractivity contribution in [2.45, 2.75) is 0 Å². The van der Waals surface area contributed by atoms with Crippen molar-refractivity contribution >= 4 is 35.6 Å². The Balaban J connectivity index is 1.42. The normalized spacial score (nSPS) is 10.1. The van der Waals surface area contributed by atoms with E-state index in [1.165, 1.54) is 61.1 Å². The highest BCUT2D eigenvalue weighted by Gasteiger charge is 2.17. The molecule has 12 nitrogen and oxygen atoms in total. The summed E-state index contributed by atoms with van der Waals surface area (Å²) in [6.45, 7) is -1.44. The highest BCUT2D eigenvalue weighted by atomic mass is 16.5. The first-order valence-corrected chi connectivity index (χ1v) is 9.53. The predicted molar refractivity (Wildman–Crippen MR) is 109 cm³/mol. The van der Waals surface area contributed by atoms with Crippen molar-refractivity contribution in [2.24, 2.45) is 0 Å². The molecule has 174 valence electrons. The van der Waals surface area contributed by atoms with Gasteiger partial charge in [0.25, 0.3) is 23.6 Å². The molecule has 4 amide bonds. The zero-order valence-corrected chi connectivity index (χ0v) is 17.3. The lowest BCUT2D eigenvalue weighted by molar-refractivity contribution is -0.124. The number of hydrogen-bond donors (Lipinski definition) is 2. The molecule has 0 aliphatic heterocycles. The molecule has 0 unspecified atom stereocenters. The molecule has 2 heterocycles. The lowest BCUT2D eigenvalue weighted by atomic mass is 10.1. The minimum atomic E-state index is -0.878. The van der Waals surface area contributed by atoms with Gasteiger partial charge in [0.1, 0.15) is 0 Å². The topological polar surface area (TPSA) is 171 Å². The molecule has 0 atom stereocenters. The van der Waals surface area contributed by atoms with E-state index in [9.17, 15) is 28.8 Å². The third kappa shape index (κ3) is 6.50. The van der Waals surface area contributed by atoms with Crippen molar-refractivity contribution in [2.75, 3.05) is 13.2 Å². The number of hydrogen-bond acceptors (Lipinski definition) is 10. The van der Waals surface area contributed by atoms with Gasteiger partial charge in [0.2, 0.25) is 0 Å². The number of amides is 4. The molecule has 0 aliphatic carbocycles. The Bertz CT molecular complexity index is 1100. The fourth-order valence-corrected chi connectivity index (χ4v) is 2.44. The fraction of sp³-hybridized carbons (Fsp3) is 0.0909. The summed E-state index contributed by atoms with van der Waals surface area (Å²) in [5.41, 5.74) is 0.0343. The quantitative estimate of drug-likeness (QED) is 0.456. The molecule has 2 N–H and O–H groups in total. The summed E-state index contributed by atoms with van der Waals surface area (Å²) in [7, 11) is 0. The Hall–Kier alpha value is -5.00. The van der Waals surface area contributed by atoms with E-state index >= 15 is 0 Å². The van der Waals surface area contributed by atoms with Gasteiger partial charge in [-0.3, -0.25) is 29.8 Å². The van der Waals surface area contributed by atoms with Crippen LogP contribution in [0.4, 0.5) is 0 Å². The van der Waals surface area contributed by atoms with Crippen LogP contribution >= 0.6 is 0 Å². The average Bonchev–Trinajstić information content (AvgIpc) is 3.56. The van der Waals surface area contributed by atoms with Crippen LogP contribution in [0.15, 0.2) is 69.9 Å². The molecule has 0 saturated carbocycles. The highest BCUT2D eigenvalue weighted by Crippen LogP contribution is 2.08. The van der Waals surface area contributed by atoms with Gasteiger partial charge in [-0.05, 0) is 48.5 Å². The molecule has 0 bridgehead atoms. The van der Waals surface area contributed by atoms with Gasteiger partial charge in [0, 0.05) is 0 Å². The zero-order valence-electron chi connectivity index (χ0n) is 17.3. The van der Waals surface area contributed by atoms with E-state index in [1.54, 1.807) is 0 Å². The van der Waals surface area contributed by atoms with Crippen LogP contribution in [0, 0.1) is 0 Å². The summed E-state index contributed by atoms with van der Waals surface area (Å²) >= 11 is 0. The standard InChI is InChI=1S/C22H16N2O10/c25-17(23-19(27)15-3-1-9-31-15)11-33-21(29)13-5-7-14(8-6-13)22(30)34-12-18(26)24-20(28)16-4-2-10-32-16/h1-10H,11-12H2,(H,23,25,27)(H,24,26,28). The monoisotopic (exact) mass is 468 g/mol. The lowest BCUT2D eigenvalue weighted by Gasteiger charge is -2.07. The van der Waals surface area contributed by atoms with Crippen LogP contribution in [0.2, 0.25) is 0 Å². The van der Waals surface area contributed by atoms with Gasteiger partial charge in [0.15, 0.2) is 24.7 Å². The minimum Gasteiger partial charge on any atom is -0.459 e. The van der Waals surface area contributed by atoms with E-state index < -0.39 is 48.8 Å². The molecule has 0 saturated heterocycles. The summed E-state index contributed by atoms with van der Waals surface area (Å²) < 4.78 is 19.3. The summed E-state index contributed by atoms with van der Waals surface area (Å²) in [5.74, 6) is -5.21. The smallest absolute Gasteiger partial charge is 0.338 e. The molecule has 3 rings (SSSR count). The van der Waals surface area contributed by atoms with Gasteiger partial charge in [-0.15, -0.1) is 0 Å². The Morgan fingerprint density at radius 3 is 1.32 bits per heavy atom. The number of ether oxygens (including phenoxy) is 2. The summed E-state index contributed by atoms with van der Waals surface area (Å²) in [4.78, 5) is 70.9. The van der Waals surface area contributed by atoms with Crippen molar-refractivity contribution in [3.63, 3.8) is 0 Å². The number of furan rings is 2. The van der Waals surface area contributed by atoms with Crippen LogP contribution in [-0.4, -0.2) is 48.8 Å². The maximum atomic E-state index is 12.0. The SMILES string of the molecule is O=C(COC(=O)c1ccc(C(=O)OCC(=O)NC(=O)c2ccco2)cc1)NC(=O)c1ccco1. The Kier molecular flexibility index (Phi) is 7.68. The van der Waals surface area contributed by atoms with Crippen molar-refractivity contribution < 1.29 is 47.1 Å². The third-order valence-electron chi connectivity index (χ3n) is 4.02. The molecular formula is C22H16N2O10. The molecule has 0 radical (unpaired) electrons. The van der Waals surface area contributed by atoms with E-state index in [4.69, 9.17) is 18.3 Å². The maximum absolute atomic E-state index is 12.0. The van der Waals surface area contributed by atoms with Crippen LogP contribution in [0.25, 0.3) is 0 Å². The number of carbonyl (C=O) groups excluding carboxylic acids is 6. The molecule has 0 aliphatic rings. The summed E-state index contributed by atoms with van der Waals surface area (Å²) in [6.07, 6.45) is 2.52. The molecule has 0 fully saturated rings. The van der Waals surface area contributed by atoms with Gasteiger partial charge in [-0.1, -0.05) is 0 Å². The van der Waals surface area contributed by atoms with Crippen molar-refractivity contribution in [3.8, 4) is 0 Å². The molecule has 34 heavy (non-hydrogen) atoms. The molecule has 2 aromatic heterocycles. The van der Waals surface area contributed by atoms with Crippen LogP contribution in [-0.2, 0) is 19.1 Å². The molecular weight excluding hydrogens is 452 g/mol. The van der Waals surface area contributed by atoms with Crippen molar-refractivity contribution in [1.29, 1.82) is 0 Å². The van der Waals surface area contributed by atoms with Gasteiger partial charge >= 0.3 is 11.9 Å². The fourth-order valence-electron chi connectivity index (χ4n) is 2.44. The number of benzene rings is 1. The van der Waals surface area contributed by atoms with Crippen LogP contribution in [0.5, 0.6) is 0 Å². The van der Waals surface area contributed by atoms with E-state index in [-0.39, 0.29) is 22.6 Å². The van der Waals surface area contributed by atoms with Crippen molar-refractivity contribution in [3.05, 3.63) is 83.7 Å². The first-order chi connectivity index (χ1) is 16.3. The molecule has 3 aromatic rings. The Labute approximate surface area is 190 Å². The first kappa shape index (κ1) is 23.7. The highest BCUT2D eigenvalue weighted by molar-refractivity contribution is 6.05. The third-order valence-corrected chi connectivity index (χ3v) is 4.02. The summed E-state index contributed by atoms with van der Waals surface area (Å²) in [6, 6.07) is 10.6. The van der Waals surface area contributed by atoms with Gasteiger partial charge in [0.05, 0.1) is 23.7 Å². The minimum absolute atomic E-state index is 0.0171. The zero-order chi connectivity index (χ0) is 24.5. The van der Waals surface area contributed by atoms with Crippen molar-refractivity contribution in [1.82, 2.24) is 10.6 Å². The van der Waals surface area contributed by atoms with Crippen LogP contribution in [0.1, 0.15) is 41.8 Å². The number of imide groups is 2. The number of rotatable bonds is 8. The second-order valence-electron chi connectivity index (χ2n) is 6.44. The van der Waals surface area contributed by atoms with E-state index in [2.05, 4.69) is 0 Å². The van der Waals surface area contributed by atoms with E-state index in [1.807, 2.05) is 10.6 Å². The van der Waals surface area contributed by atoms with Gasteiger partial charge < -0.3 is 18.3 Å². The lowest BCUT2D eigenvalue weighted by Crippen LogP contribution is -2.34. The summed E-state index contributed by atoms with van der Waals surface area (Å²) in [5, 5.41) is 3.97. The Morgan fingerprint density at radius 1 is 0.618 bits per heavy atom. The average molecular weight is 468 g/mol. The second-order valence-corrected chi connectivity index (χ2v) is 6.44. The number of nitrogens with one attached hydrogen (secondary N) is 2. The first-order valence-electron chi connectivity index (χ1n) is 9.53. The molecule has 1 aromatic carbocycles. The predicted octanol–water partition coefficient (Wildman–Crippen LogP) is 1.10. The van der Waals surface area contributed by atoms with Crippen LogP contribution in [0.3, 0.4) is 0 Å². The Morgan fingerprint density at radius 2 is 1.00 bits per heavy atom. The number of esters is 2.